The van der Waals surface area contributed by atoms with Gasteiger partial charge in [-0.05, 0) is 19.8 Å². The fourth-order valence-corrected chi connectivity index (χ4v) is 2.42. The van der Waals surface area contributed by atoms with E-state index in [0.717, 1.165) is 0 Å². The first-order valence-electron chi connectivity index (χ1n) is 9.16. The summed E-state index contributed by atoms with van der Waals surface area (Å²) in [5.41, 5.74) is 16.1. The highest BCUT2D eigenvalue weighted by atomic mass is 32.1. The number of carboxylic acid groups (broad SMARTS) is 2. The highest BCUT2D eigenvalue weighted by molar-refractivity contribution is 7.80. The molecule has 0 aromatic heterocycles. The molecule has 4 unspecified atom stereocenters. The molecule has 15 heteroatoms. The SMILES string of the molecule is CC(NC(=O)C(CC(=O)O)NC(=O)C(N)CCCN=C(N)N)C(=O)NC(CS)C(=O)O. The maximum Gasteiger partial charge on any atom is 0.327 e. The van der Waals surface area contributed by atoms with E-state index < -0.39 is 60.2 Å². The Morgan fingerprint density at radius 2 is 1.55 bits per heavy atom. The Balaban J connectivity index is 4.94. The predicted molar refractivity (Wildman–Crippen MR) is 113 cm³/mol. The average Bonchev–Trinajstić information content (AvgIpc) is 2.67. The number of aliphatic imine (C=N–C) groups is 1. The van der Waals surface area contributed by atoms with Crippen LogP contribution in [0.15, 0.2) is 4.99 Å². The van der Waals surface area contributed by atoms with Gasteiger partial charge in [0.15, 0.2) is 5.96 Å². The minimum Gasteiger partial charge on any atom is -0.481 e. The van der Waals surface area contributed by atoms with E-state index in [2.05, 4.69) is 33.6 Å². The topological polar surface area (TPSA) is 252 Å². The van der Waals surface area contributed by atoms with Crippen molar-refractivity contribution in [3.05, 3.63) is 0 Å². The van der Waals surface area contributed by atoms with Crippen LogP contribution in [0.25, 0.3) is 0 Å². The number of nitrogens with zero attached hydrogens (tertiary/aromatic N) is 1. The molecule has 0 saturated heterocycles. The molecule has 31 heavy (non-hydrogen) atoms. The second kappa shape index (κ2) is 14.0. The standard InChI is InChI=1S/C16H29N7O7S/c1-7(12(26)23-10(6-31)15(29)30)21-14(28)9(5-11(24)25)22-13(27)8(17)3-2-4-20-16(18)19/h7-10,31H,2-6,17H2,1H3,(H,21,28)(H,22,27)(H,23,26)(H,24,25)(H,29,30)(H4,18,19,20). The molecule has 0 radical (unpaired) electrons. The van der Waals surface area contributed by atoms with Gasteiger partial charge in [-0.3, -0.25) is 24.2 Å². The lowest BCUT2D eigenvalue weighted by Gasteiger charge is -2.22. The Morgan fingerprint density at radius 3 is 2.03 bits per heavy atom. The molecule has 3 amide bonds. The summed E-state index contributed by atoms with van der Waals surface area (Å²) in [6.07, 6.45) is -0.223. The zero-order valence-electron chi connectivity index (χ0n) is 16.9. The van der Waals surface area contributed by atoms with Crippen molar-refractivity contribution in [2.45, 2.75) is 50.4 Å². The summed E-state index contributed by atoms with van der Waals surface area (Å²) in [7, 11) is 0. The quantitative estimate of drug-likeness (QED) is 0.0528. The Bertz CT molecular complexity index is 700. The zero-order chi connectivity index (χ0) is 24.1. The van der Waals surface area contributed by atoms with Crippen molar-refractivity contribution in [3.8, 4) is 0 Å². The van der Waals surface area contributed by atoms with Gasteiger partial charge in [-0.15, -0.1) is 0 Å². The van der Waals surface area contributed by atoms with Crippen LogP contribution in [-0.4, -0.2) is 82.3 Å². The number of carbonyl (C=O) groups excluding carboxylic acids is 3. The fourth-order valence-electron chi connectivity index (χ4n) is 2.17. The summed E-state index contributed by atoms with van der Waals surface area (Å²) in [6.45, 7) is 1.50. The Labute approximate surface area is 183 Å². The Morgan fingerprint density at radius 1 is 0.968 bits per heavy atom. The van der Waals surface area contributed by atoms with Crippen molar-refractivity contribution in [1.82, 2.24) is 16.0 Å². The molecule has 0 saturated carbocycles. The summed E-state index contributed by atoms with van der Waals surface area (Å²) in [4.78, 5) is 62.4. The maximum atomic E-state index is 12.4. The summed E-state index contributed by atoms with van der Waals surface area (Å²) in [5.74, 6) is -5.54. The number of thiol groups is 1. The van der Waals surface area contributed by atoms with Gasteiger partial charge in [-0.1, -0.05) is 0 Å². The monoisotopic (exact) mass is 463 g/mol. The lowest BCUT2D eigenvalue weighted by Crippen LogP contribution is -2.56. The van der Waals surface area contributed by atoms with Gasteiger partial charge in [0, 0.05) is 12.3 Å². The Hall–Kier alpha value is -3.07. The van der Waals surface area contributed by atoms with Crippen LogP contribution in [0.3, 0.4) is 0 Å². The second-order valence-electron chi connectivity index (χ2n) is 6.53. The first-order valence-corrected chi connectivity index (χ1v) is 9.79. The molecular weight excluding hydrogens is 434 g/mol. The van der Waals surface area contributed by atoms with Crippen LogP contribution in [0.1, 0.15) is 26.2 Å². The van der Waals surface area contributed by atoms with Gasteiger partial charge >= 0.3 is 11.9 Å². The van der Waals surface area contributed by atoms with Crippen LogP contribution in [0, 0.1) is 0 Å². The van der Waals surface area contributed by atoms with Crippen LogP contribution >= 0.6 is 12.6 Å². The summed E-state index contributed by atoms with van der Waals surface area (Å²) in [5, 5.41) is 24.6. The van der Waals surface area contributed by atoms with Crippen LogP contribution in [0.5, 0.6) is 0 Å². The van der Waals surface area contributed by atoms with Crippen LogP contribution in [0.2, 0.25) is 0 Å². The van der Waals surface area contributed by atoms with E-state index in [9.17, 15) is 24.0 Å². The van der Waals surface area contributed by atoms with E-state index in [1.807, 2.05) is 0 Å². The van der Waals surface area contributed by atoms with Crippen molar-refractivity contribution in [1.29, 1.82) is 0 Å². The number of rotatable bonds is 14. The predicted octanol–water partition coefficient (Wildman–Crippen LogP) is -3.67. The third kappa shape index (κ3) is 11.6. The molecule has 0 aliphatic carbocycles. The van der Waals surface area contributed by atoms with E-state index in [-0.39, 0.29) is 24.7 Å². The van der Waals surface area contributed by atoms with E-state index in [1.54, 1.807) is 0 Å². The molecule has 0 spiro atoms. The highest BCUT2D eigenvalue weighted by Crippen LogP contribution is 2.00. The summed E-state index contributed by atoms with van der Waals surface area (Å²) >= 11 is 3.81. The lowest BCUT2D eigenvalue weighted by molar-refractivity contribution is -0.142. The average molecular weight is 464 g/mol. The van der Waals surface area contributed by atoms with Crippen molar-refractivity contribution in [2.75, 3.05) is 12.3 Å². The number of carboxylic acids is 2. The van der Waals surface area contributed by atoms with E-state index in [4.69, 9.17) is 27.4 Å². The molecule has 0 bridgehead atoms. The van der Waals surface area contributed by atoms with Crippen molar-refractivity contribution in [2.24, 2.45) is 22.2 Å². The summed E-state index contributed by atoms with van der Waals surface area (Å²) in [6, 6.07) is -5.05. The molecule has 176 valence electrons. The van der Waals surface area contributed by atoms with E-state index >= 15 is 0 Å². The normalized spacial score (nSPS) is 14.3. The molecule has 0 rings (SSSR count). The van der Waals surface area contributed by atoms with Gasteiger partial charge in [0.1, 0.15) is 18.1 Å². The molecule has 11 N–H and O–H groups in total. The largest absolute Gasteiger partial charge is 0.481 e. The van der Waals surface area contributed by atoms with Gasteiger partial charge in [-0.25, -0.2) is 4.79 Å². The smallest absolute Gasteiger partial charge is 0.327 e. The van der Waals surface area contributed by atoms with Crippen molar-refractivity contribution >= 4 is 48.2 Å². The first-order chi connectivity index (χ1) is 14.4. The minimum absolute atomic E-state index is 0.113. The number of carbonyl (C=O) groups is 5. The number of nitrogens with two attached hydrogens (primary N) is 3. The molecule has 0 aliphatic heterocycles. The lowest BCUT2D eigenvalue weighted by atomic mass is 10.1. The van der Waals surface area contributed by atoms with Gasteiger partial charge in [-0.2, -0.15) is 12.6 Å². The van der Waals surface area contributed by atoms with Crippen LogP contribution in [0.4, 0.5) is 0 Å². The number of nitrogens with one attached hydrogen (secondary N) is 3. The van der Waals surface area contributed by atoms with Gasteiger partial charge in [0.2, 0.25) is 17.7 Å². The fraction of sp³-hybridized carbons (Fsp3) is 0.625. The third-order valence-corrected chi connectivity index (χ3v) is 4.23. The van der Waals surface area contributed by atoms with Gasteiger partial charge in [0.05, 0.1) is 12.5 Å². The molecule has 0 aromatic carbocycles. The Kier molecular flexibility index (Phi) is 12.6. The van der Waals surface area contributed by atoms with Crippen molar-refractivity contribution in [3.63, 3.8) is 0 Å². The molecule has 0 aromatic rings. The van der Waals surface area contributed by atoms with Gasteiger partial charge < -0.3 is 43.4 Å². The molecule has 14 nitrogen and oxygen atoms in total. The first kappa shape index (κ1) is 27.9. The maximum absolute atomic E-state index is 12.4. The molecule has 0 heterocycles. The molecule has 4 atom stereocenters. The van der Waals surface area contributed by atoms with Crippen molar-refractivity contribution < 1.29 is 34.2 Å². The minimum atomic E-state index is -1.51. The number of amides is 3. The van der Waals surface area contributed by atoms with E-state index in [0.29, 0.717) is 6.42 Å². The van der Waals surface area contributed by atoms with Crippen LogP contribution in [-0.2, 0) is 24.0 Å². The molecule has 0 aliphatic rings. The number of hydrogen-bond acceptors (Lipinski definition) is 8. The number of guanidine groups is 1. The highest BCUT2D eigenvalue weighted by Gasteiger charge is 2.29. The van der Waals surface area contributed by atoms with Gasteiger partial charge in [0.25, 0.3) is 0 Å². The number of hydrogen-bond donors (Lipinski definition) is 9. The van der Waals surface area contributed by atoms with Crippen LogP contribution < -0.4 is 33.2 Å². The van der Waals surface area contributed by atoms with E-state index in [1.165, 1.54) is 6.92 Å². The third-order valence-electron chi connectivity index (χ3n) is 3.87. The zero-order valence-corrected chi connectivity index (χ0v) is 17.8. The number of aliphatic carboxylic acids is 2. The second-order valence-corrected chi connectivity index (χ2v) is 6.89. The molecule has 0 fully saturated rings. The molecular formula is C16H29N7O7S. The summed E-state index contributed by atoms with van der Waals surface area (Å²) < 4.78 is 0.